The quantitative estimate of drug-likeness (QED) is 0.179. The van der Waals surface area contributed by atoms with Gasteiger partial charge in [-0.3, -0.25) is 0 Å². The Morgan fingerprint density at radius 1 is 0.426 bits per heavy atom. The fourth-order valence-corrected chi connectivity index (χ4v) is 8.97. The Hall–Kier alpha value is -6.95. The lowest BCUT2D eigenvalue weighted by Gasteiger charge is -2.12. The summed E-state index contributed by atoms with van der Waals surface area (Å²) in [5, 5.41) is 5.74. The van der Waals surface area contributed by atoms with Crippen LogP contribution in [0.25, 0.3) is 109 Å². The van der Waals surface area contributed by atoms with Gasteiger partial charge in [0, 0.05) is 69.7 Å². The monoisotopic (exact) mass is 707 g/mol. The number of furan rings is 1. The molecule has 0 saturated heterocycles. The van der Waals surface area contributed by atoms with Crippen molar-refractivity contribution in [2.45, 2.75) is 0 Å². The van der Waals surface area contributed by atoms with Crippen molar-refractivity contribution < 1.29 is 4.42 Å². The maximum Gasteiger partial charge on any atom is 0.160 e. The SMILES string of the molecule is c1ccc(-c2cc(-c3ccccc3)nc(-c3ccc(-c4nc5c(-c6cccc7c6oc6ccccc67)cccc5c5sc6ccccc6c45)cc3)n2)cc1. The van der Waals surface area contributed by atoms with E-state index in [0.717, 1.165) is 83.3 Å². The molecule has 11 aromatic rings. The molecule has 0 amide bonds. The maximum atomic E-state index is 6.53. The van der Waals surface area contributed by atoms with Crippen molar-refractivity contribution in [2.24, 2.45) is 0 Å². The van der Waals surface area contributed by atoms with Crippen LogP contribution in [0.4, 0.5) is 0 Å². The average Bonchev–Trinajstić information content (AvgIpc) is 3.83. The van der Waals surface area contributed by atoms with E-state index in [1.807, 2.05) is 59.9 Å². The van der Waals surface area contributed by atoms with E-state index in [1.54, 1.807) is 0 Å². The van der Waals surface area contributed by atoms with Crippen LogP contribution in [-0.4, -0.2) is 15.0 Å². The molecule has 11 rings (SSSR count). The molecule has 0 radical (unpaired) electrons. The second-order valence-electron chi connectivity index (χ2n) is 13.5. The number of nitrogens with zero attached hydrogens (tertiary/aromatic N) is 3. The van der Waals surface area contributed by atoms with E-state index in [-0.39, 0.29) is 0 Å². The first-order valence-electron chi connectivity index (χ1n) is 18.0. The van der Waals surface area contributed by atoms with Gasteiger partial charge in [-0.05, 0) is 18.2 Å². The van der Waals surface area contributed by atoms with Gasteiger partial charge in [0.2, 0.25) is 0 Å². The van der Waals surface area contributed by atoms with Crippen LogP contribution < -0.4 is 0 Å². The predicted molar refractivity (Wildman–Crippen MR) is 225 cm³/mol. The van der Waals surface area contributed by atoms with Crippen LogP contribution in [0.2, 0.25) is 0 Å². The molecule has 54 heavy (non-hydrogen) atoms. The highest BCUT2D eigenvalue weighted by molar-refractivity contribution is 7.26. The van der Waals surface area contributed by atoms with E-state index < -0.39 is 0 Å². The molecule has 4 heterocycles. The summed E-state index contributed by atoms with van der Waals surface area (Å²) in [7, 11) is 0. The fourth-order valence-electron chi connectivity index (χ4n) is 7.74. The van der Waals surface area contributed by atoms with Crippen molar-refractivity contribution in [2.75, 3.05) is 0 Å². The lowest BCUT2D eigenvalue weighted by atomic mass is 9.96. The molecule has 0 saturated carbocycles. The Bertz CT molecular complexity index is 3140. The highest BCUT2D eigenvalue weighted by Gasteiger charge is 2.21. The van der Waals surface area contributed by atoms with Crippen LogP contribution in [0.3, 0.4) is 0 Å². The lowest BCUT2D eigenvalue weighted by Crippen LogP contribution is -1.96. The van der Waals surface area contributed by atoms with E-state index in [9.17, 15) is 0 Å². The molecule has 252 valence electrons. The highest BCUT2D eigenvalue weighted by Crippen LogP contribution is 2.46. The first-order valence-corrected chi connectivity index (χ1v) is 18.8. The summed E-state index contributed by atoms with van der Waals surface area (Å²) in [6.45, 7) is 0. The second-order valence-corrected chi connectivity index (χ2v) is 14.6. The number of thiophene rings is 1. The molecule has 0 N–H and O–H groups in total. The van der Waals surface area contributed by atoms with Crippen molar-refractivity contribution in [3.8, 4) is 56.3 Å². The number of aromatic nitrogens is 3. The molecule has 7 aromatic carbocycles. The van der Waals surface area contributed by atoms with Gasteiger partial charge < -0.3 is 4.42 Å². The standard InChI is InChI=1S/C49H29N3OS/c1-3-13-30(14-4-1)40-29-41(31-15-5-2-6-16-31)51-49(50-40)33-27-25-32(26-28-33)45-44-38-18-8-10-24-43(38)54-48(44)39-22-11-19-35(46(39)52-45)37-21-12-20-36-34-17-7-9-23-42(34)53-47(36)37/h1-29H. The molecule has 0 aliphatic carbocycles. The molecule has 4 nitrogen and oxygen atoms in total. The van der Waals surface area contributed by atoms with Gasteiger partial charge in [0.1, 0.15) is 11.2 Å². The zero-order chi connectivity index (χ0) is 35.6. The van der Waals surface area contributed by atoms with Crippen LogP contribution in [0.5, 0.6) is 0 Å². The molecular weight excluding hydrogens is 679 g/mol. The second kappa shape index (κ2) is 12.3. The Morgan fingerprint density at radius 3 is 1.76 bits per heavy atom. The summed E-state index contributed by atoms with van der Waals surface area (Å²) in [5.74, 6) is 0.681. The van der Waals surface area contributed by atoms with E-state index in [4.69, 9.17) is 19.4 Å². The van der Waals surface area contributed by atoms with Gasteiger partial charge in [0.15, 0.2) is 5.82 Å². The van der Waals surface area contributed by atoms with Crippen molar-refractivity contribution in [1.29, 1.82) is 0 Å². The molecule has 0 aliphatic rings. The van der Waals surface area contributed by atoms with Crippen molar-refractivity contribution >= 4 is 64.4 Å². The zero-order valence-electron chi connectivity index (χ0n) is 28.9. The summed E-state index contributed by atoms with van der Waals surface area (Å²) in [5.41, 5.74) is 11.6. The molecule has 4 aromatic heterocycles. The number of hydrogen-bond acceptors (Lipinski definition) is 5. The van der Waals surface area contributed by atoms with E-state index >= 15 is 0 Å². The number of pyridine rings is 1. The van der Waals surface area contributed by atoms with Gasteiger partial charge in [-0.1, -0.05) is 158 Å². The molecule has 0 aliphatic heterocycles. The number of fused-ring (bicyclic) bond motifs is 8. The summed E-state index contributed by atoms with van der Waals surface area (Å²) < 4.78 is 9.00. The number of para-hydroxylation sites is 3. The van der Waals surface area contributed by atoms with Crippen molar-refractivity contribution in [3.05, 3.63) is 176 Å². The third-order valence-corrected chi connectivity index (χ3v) is 11.5. The minimum atomic E-state index is 0.681. The molecule has 0 atom stereocenters. The fraction of sp³-hybridized carbons (Fsp3) is 0. The van der Waals surface area contributed by atoms with E-state index in [1.165, 1.54) is 20.2 Å². The Kier molecular flexibility index (Phi) is 7.00. The summed E-state index contributed by atoms with van der Waals surface area (Å²) in [4.78, 5) is 15.7. The van der Waals surface area contributed by atoms with Gasteiger partial charge in [-0.25, -0.2) is 15.0 Å². The minimum Gasteiger partial charge on any atom is -0.455 e. The van der Waals surface area contributed by atoms with Crippen molar-refractivity contribution in [3.63, 3.8) is 0 Å². The van der Waals surface area contributed by atoms with E-state index in [0.29, 0.717) is 5.82 Å². The van der Waals surface area contributed by atoms with Crippen LogP contribution in [0.1, 0.15) is 0 Å². The number of rotatable bonds is 5. The topological polar surface area (TPSA) is 51.8 Å². The van der Waals surface area contributed by atoms with Crippen LogP contribution in [-0.2, 0) is 0 Å². The molecular formula is C49H29N3OS. The number of benzene rings is 7. The first-order chi connectivity index (χ1) is 26.8. The minimum absolute atomic E-state index is 0.681. The largest absolute Gasteiger partial charge is 0.455 e. The van der Waals surface area contributed by atoms with Crippen LogP contribution in [0.15, 0.2) is 180 Å². The Balaban J connectivity index is 1.11. The van der Waals surface area contributed by atoms with Gasteiger partial charge in [-0.15, -0.1) is 11.3 Å². The predicted octanol–water partition coefficient (Wildman–Crippen LogP) is 13.6. The van der Waals surface area contributed by atoms with E-state index in [2.05, 4.69) is 127 Å². The maximum absolute atomic E-state index is 6.53. The third kappa shape index (κ3) is 4.94. The summed E-state index contributed by atoms with van der Waals surface area (Å²) in [6.07, 6.45) is 0. The van der Waals surface area contributed by atoms with Gasteiger partial charge >= 0.3 is 0 Å². The van der Waals surface area contributed by atoms with Gasteiger partial charge in [0.05, 0.1) is 22.6 Å². The smallest absolute Gasteiger partial charge is 0.160 e. The molecule has 5 heteroatoms. The van der Waals surface area contributed by atoms with Crippen LogP contribution >= 0.6 is 11.3 Å². The zero-order valence-corrected chi connectivity index (χ0v) is 29.7. The highest BCUT2D eigenvalue weighted by atomic mass is 32.1. The molecule has 0 unspecified atom stereocenters. The summed E-state index contributed by atoms with van der Waals surface area (Å²) >= 11 is 1.83. The lowest BCUT2D eigenvalue weighted by molar-refractivity contribution is 0.670. The van der Waals surface area contributed by atoms with Gasteiger partial charge in [-0.2, -0.15) is 0 Å². The van der Waals surface area contributed by atoms with Crippen LogP contribution in [0, 0.1) is 0 Å². The van der Waals surface area contributed by atoms with Gasteiger partial charge in [0.25, 0.3) is 0 Å². The van der Waals surface area contributed by atoms with Crippen molar-refractivity contribution in [1.82, 2.24) is 15.0 Å². The first kappa shape index (κ1) is 30.7. The molecule has 0 spiro atoms. The molecule has 0 fully saturated rings. The number of hydrogen-bond donors (Lipinski definition) is 0. The average molecular weight is 708 g/mol. The summed E-state index contributed by atoms with van der Waals surface area (Å²) in [6, 6.07) is 61.1. The third-order valence-electron chi connectivity index (χ3n) is 10.3. The normalized spacial score (nSPS) is 11.7. The molecule has 0 bridgehead atoms. The Morgan fingerprint density at radius 2 is 1.02 bits per heavy atom. The Labute approximate surface area is 314 Å².